The standard InChI is InChI=1S/C16H31N/c1-14(15-10-6-5-7-11-15)17-16-12-8-3-2-4-9-13-16/h14-17H,2-13H2,1H3. The van der Waals surface area contributed by atoms with Crippen molar-refractivity contribution < 1.29 is 0 Å². The third-order valence-corrected chi connectivity index (χ3v) is 4.96. The Morgan fingerprint density at radius 1 is 0.706 bits per heavy atom. The Labute approximate surface area is 108 Å². The van der Waals surface area contributed by atoms with E-state index < -0.39 is 0 Å². The zero-order valence-corrected chi connectivity index (χ0v) is 11.7. The summed E-state index contributed by atoms with van der Waals surface area (Å²) in [4.78, 5) is 0. The molecule has 0 saturated heterocycles. The van der Waals surface area contributed by atoms with Gasteiger partial charge in [-0.3, -0.25) is 0 Å². The molecule has 1 heteroatoms. The monoisotopic (exact) mass is 237 g/mol. The molecule has 0 aromatic carbocycles. The van der Waals surface area contributed by atoms with Crippen molar-refractivity contribution in [3.63, 3.8) is 0 Å². The minimum atomic E-state index is 0.764. The predicted octanol–water partition coefficient (Wildman–Crippen LogP) is 4.66. The molecule has 0 aromatic heterocycles. The molecule has 100 valence electrons. The number of hydrogen-bond donors (Lipinski definition) is 1. The fourth-order valence-corrected chi connectivity index (χ4v) is 3.76. The van der Waals surface area contributed by atoms with Gasteiger partial charge in [0, 0.05) is 12.1 Å². The van der Waals surface area contributed by atoms with E-state index in [0.717, 1.165) is 18.0 Å². The summed E-state index contributed by atoms with van der Waals surface area (Å²) in [5.74, 6) is 0.967. The summed E-state index contributed by atoms with van der Waals surface area (Å²) < 4.78 is 0. The Bertz CT molecular complexity index is 188. The van der Waals surface area contributed by atoms with Crippen molar-refractivity contribution in [2.45, 2.75) is 96.1 Å². The molecule has 1 N–H and O–H groups in total. The molecule has 2 aliphatic rings. The van der Waals surface area contributed by atoms with Crippen LogP contribution < -0.4 is 5.32 Å². The van der Waals surface area contributed by atoms with Crippen LogP contribution in [0.4, 0.5) is 0 Å². The van der Waals surface area contributed by atoms with Gasteiger partial charge in [-0.05, 0) is 38.5 Å². The predicted molar refractivity (Wildman–Crippen MR) is 75.3 cm³/mol. The maximum atomic E-state index is 3.96. The second-order valence-corrected chi connectivity index (χ2v) is 6.40. The molecule has 1 nitrogen and oxygen atoms in total. The van der Waals surface area contributed by atoms with Crippen LogP contribution in [-0.4, -0.2) is 12.1 Å². The lowest BCUT2D eigenvalue weighted by Crippen LogP contribution is -2.41. The highest BCUT2D eigenvalue weighted by molar-refractivity contribution is 4.80. The first-order valence-electron chi connectivity index (χ1n) is 8.12. The van der Waals surface area contributed by atoms with E-state index in [1.807, 2.05) is 0 Å². The van der Waals surface area contributed by atoms with E-state index in [-0.39, 0.29) is 0 Å². The maximum Gasteiger partial charge on any atom is 0.00696 e. The van der Waals surface area contributed by atoms with Crippen molar-refractivity contribution in [2.75, 3.05) is 0 Å². The van der Waals surface area contributed by atoms with E-state index >= 15 is 0 Å². The van der Waals surface area contributed by atoms with Gasteiger partial charge in [0.05, 0.1) is 0 Å². The van der Waals surface area contributed by atoms with Gasteiger partial charge in [-0.2, -0.15) is 0 Å². The Kier molecular flexibility index (Phi) is 5.84. The molecule has 0 spiro atoms. The maximum absolute atomic E-state index is 3.96. The fraction of sp³-hybridized carbons (Fsp3) is 1.00. The van der Waals surface area contributed by atoms with Crippen LogP contribution in [0.2, 0.25) is 0 Å². The van der Waals surface area contributed by atoms with Gasteiger partial charge in [-0.25, -0.2) is 0 Å². The molecular formula is C16H31N. The van der Waals surface area contributed by atoms with Crippen LogP contribution in [0, 0.1) is 5.92 Å². The van der Waals surface area contributed by atoms with Crippen molar-refractivity contribution in [1.82, 2.24) is 5.32 Å². The molecule has 1 atom stereocenters. The van der Waals surface area contributed by atoms with Gasteiger partial charge in [0.15, 0.2) is 0 Å². The Hall–Kier alpha value is -0.0400. The summed E-state index contributed by atoms with van der Waals surface area (Å²) in [6.45, 7) is 2.44. The first-order chi connectivity index (χ1) is 8.36. The van der Waals surface area contributed by atoms with Crippen LogP contribution in [0.25, 0.3) is 0 Å². The second-order valence-electron chi connectivity index (χ2n) is 6.40. The molecular weight excluding hydrogens is 206 g/mol. The van der Waals surface area contributed by atoms with Gasteiger partial charge in [-0.15, -0.1) is 0 Å². The van der Waals surface area contributed by atoms with E-state index in [2.05, 4.69) is 12.2 Å². The van der Waals surface area contributed by atoms with Gasteiger partial charge < -0.3 is 5.32 Å². The van der Waals surface area contributed by atoms with Crippen molar-refractivity contribution in [2.24, 2.45) is 5.92 Å². The number of hydrogen-bond acceptors (Lipinski definition) is 1. The lowest BCUT2D eigenvalue weighted by atomic mass is 9.84. The van der Waals surface area contributed by atoms with Gasteiger partial charge in [0.2, 0.25) is 0 Å². The quantitative estimate of drug-likeness (QED) is 0.753. The van der Waals surface area contributed by atoms with Crippen LogP contribution in [-0.2, 0) is 0 Å². The van der Waals surface area contributed by atoms with Crippen molar-refractivity contribution in [3.8, 4) is 0 Å². The highest BCUT2D eigenvalue weighted by Crippen LogP contribution is 2.27. The van der Waals surface area contributed by atoms with Crippen LogP contribution in [0.5, 0.6) is 0 Å². The number of nitrogens with one attached hydrogen (secondary N) is 1. The smallest absolute Gasteiger partial charge is 0.00696 e. The zero-order chi connectivity index (χ0) is 11.9. The topological polar surface area (TPSA) is 12.0 Å². The van der Waals surface area contributed by atoms with Crippen molar-refractivity contribution >= 4 is 0 Å². The molecule has 0 bridgehead atoms. The third kappa shape index (κ3) is 4.62. The third-order valence-electron chi connectivity index (χ3n) is 4.96. The number of rotatable bonds is 3. The van der Waals surface area contributed by atoms with Crippen molar-refractivity contribution in [3.05, 3.63) is 0 Å². The molecule has 17 heavy (non-hydrogen) atoms. The largest absolute Gasteiger partial charge is 0.311 e. The van der Waals surface area contributed by atoms with Crippen molar-refractivity contribution in [1.29, 1.82) is 0 Å². The minimum Gasteiger partial charge on any atom is -0.311 e. The normalized spacial score (nSPS) is 27.4. The van der Waals surface area contributed by atoms with Crippen LogP contribution in [0.15, 0.2) is 0 Å². The second kappa shape index (κ2) is 7.41. The van der Waals surface area contributed by atoms with Crippen LogP contribution in [0.3, 0.4) is 0 Å². The first-order valence-corrected chi connectivity index (χ1v) is 8.12. The van der Waals surface area contributed by atoms with Gasteiger partial charge >= 0.3 is 0 Å². The Morgan fingerprint density at radius 2 is 1.18 bits per heavy atom. The van der Waals surface area contributed by atoms with Gasteiger partial charge in [-0.1, -0.05) is 51.4 Å². The average Bonchev–Trinajstić information content (AvgIpc) is 2.33. The summed E-state index contributed by atoms with van der Waals surface area (Å²) >= 11 is 0. The average molecular weight is 237 g/mol. The molecule has 2 aliphatic carbocycles. The van der Waals surface area contributed by atoms with E-state index in [1.165, 1.54) is 77.0 Å². The highest BCUT2D eigenvalue weighted by Gasteiger charge is 2.22. The Morgan fingerprint density at radius 3 is 1.82 bits per heavy atom. The SMILES string of the molecule is CC(NC1CCCCCCC1)C1CCCCC1. The summed E-state index contributed by atoms with van der Waals surface area (Å²) in [6.07, 6.45) is 17.5. The molecule has 2 saturated carbocycles. The minimum absolute atomic E-state index is 0.764. The summed E-state index contributed by atoms with van der Waals surface area (Å²) in [5.41, 5.74) is 0. The van der Waals surface area contributed by atoms with E-state index in [9.17, 15) is 0 Å². The molecule has 2 rings (SSSR count). The molecule has 0 amide bonds. The van der Waals surface area contributed by atoms with Gasteiger partial charge in [0.1, 0.15) is 0 Å². The van der Waals surface area contributed by atoms with E-state index in [4.69, 9.17) is 0 Å². The summed E-state index contributed by atoms with van der Waals surface area (Å²) in [6, 6.07) is 1.59. The van der Waals surface area contributed by atoms with E-state index in [1.54, 1.807) is 0 Å². The lowest BCUT2D eigenvalue weighted by Gasteiger charge is -2.32. The molecule has 0 aliphatic heterocycles. The Balaban J connectivity index is 1.73. The summed E-state index contributed by atoms with van der Waals surface area (Å²) in [7, 11) is 0. The lowest BCUT2D eigenvalue weighted by molar-refractivity contribution is 0.249. The molecule has 2 fully saturated rings. The highest BCUT2D eigenvalue weighted by atomic mass is 14.9. The van der Waals surface area contributed by atoms with Gasteiger partial charge in [0.25, 0.3) is 0 Å². The molecule has 1 unspecified atom stereocenters. The zero-order valence-electron chi connectivity index (χ0n) is 11.7. The van der Waals surface area contributed by atoms with Crippen LogP contribution >= 0.6 is 0 Å². The van der Waals surface area contributed by atoms with Crippen LogP contribution in [0.1, 0.15) is 84.0 Å². The first kappa shape index (κ1) is 13.4. The fourth-order valence-electron chi connectivity index (χ4n) is 3.76. The molecule has 0 aromatic rings. The molecule has 0 radical (unpaired) electrons. The molecule has 0 heterocycles. The van der Waals surface area contributed by atoms with E-state index in [0.29, 0.717) is 0 Å². The summed E-state index contributed by atoms with van der Waals surface area (Å²) in [5, 5.41) is 3.96.